The van der Waals surface area contributed by atoms with Gasteiger partial charge < -0.3 is 0 Å². The number of fused-ring (bicyclic) bond motifs is 2. The highest BCUT2D eigenvalue weighted by atomic mass is 16.2. The number of carbonyl (C=O) groups is 2. The van der Waals surface area contributed by atoms with E-state index < -0.39 is 0 Å². The Morgan fingerprint density at radius 2 is 1.83 bits per heavy atom. The van der Waals surface area contributed by atoms with Gasteiger partial charge in [0.15, 0.2) is 0 Å². The Morgan fingerprint density at radius 3 is 2.33 bits per heavy atom. The molecule has 2 bridgehead atoms. The maximum atomic E-state index is 11.9. The smallest absolute Gasteiger partial charge is 0.256 e. The molecule has 2 amide bonds. The molecule has 0 N–H and O–H groups in total. The summed E-state index contributed by atoms with van der Waals surface area (Å²) in [5, 5.41) is 0. The highest BCUT2D eigenvalue weighted by Gasteiger charge is 2.35. The molecule has 3 heteroatoms. The summed E-state index contributed by atoms with van der Waals surface area (Å²) in [7, 11) is 0. The monoisotopic (exact) mass is 245 g/mol. The van der Waals surface area contributed by atoms with Crippen molar-refractivity contribution >= 4 is 11.8 Å². The second-order valence-corrected chi connectivity index (χ2v) is 5.77. The van der Waals surface area contributed by atoms with Crippen LogP contribution < -0.4 is 0 Å². The van der Waals surface area contributed by atoms with Crippen LogP contribution in [-0.2, 0) is 9.59 Å². The maximum Gasteiger partial charge on any atom is 0.256 e. The van der Waals surface area contributed by atoms with Crippen molar-refractivity contribution in [2.24, 2.45) is 11.8 Å². The van der Waals surface area contributed by atoms with Gasteiger partial charge in [0.05, 0.1) is 0 Å². The summed E-state index contributed by atoms with van der Waals surface area (Å²) >= 11 is 0. The lowest BCUT2D eigenvalue weighted by molar-refractivity contribution is -0.137. The third kappa shape index (κ3) is 1.64. The summed E-state index contributed by atoms with van der Waals surface area (Å²) in [4.78, 5) is 25.3. The van der Waals surface area contributed by atoms with Gasteiger partial charge in [-0.25, -0.2) is 0 Å². The SMILES string of the molecule is CC1=C(C)C(=O)N(CCC2=CC3CCC2C3)C1=O. The molecule has 3 aliphatic rings. The molecule has 1 saturated carbocycles. The molecule has 0 aromatic rings. The number of allylic oxidation sites excluding steroid dienone is 1. The molecule has 1 aliphatic heterocycles. The molecule has 1 heterocycles. The van der Waals surface area contributed by atoms with Crippen LogP contribution in [0.2, 0.25) is 0 Å². The number of nitrogens with zero attached hydrogens (tertiary/aromatic N) is 1. The van der Waals surface area contributed by atoms with E-state index in [9.17, 15) is 9.59 Å². The molecule has 1 fully saturated rings. The van der Waals surface area contributed by atoms with Gasteiger partial charge >= 0.3 is 0 Å². The second-order valence-electron chi connectivity index (χ2n) is 5.77. The van der Waals surface area contributed by atoms with Gasteiger partial charge in [-0.05, 0) is 51.4 Å². The first-order valence-electron chi connectivity index (χ1n) is 6.82. The number of imide groups is 1. The Morgan fingerprint density at radius 1 is 1.17 bits per heavy atom. The maximum absolute atomic E-state index is 11.9. The predicted octanol–water partition coefficient (Wildman–Crippen LogP) is 2.44. The zero-order chi connectivity index (χ0) is 12.9. The van der Waals surface area contributed by atoms with Crippen LogP contribution in [-0.4, -0.2) is 23.3 Å². The van der Waals surface area contributed by atoms with Crippen LogP contribution >= 0.6 is 0 Å². The first-order chi connectivity index (χ1) is 8.58. The second kappa shape index (κ2) is 4.08. The molecule has 0 aromatic heterocycles. The van der Waals surface area contributed by atoms with Gasteiger partial charge in [-0.15, -0.1) is 0 Å². The van der Waals surface area contributed by atoms with Crippen LogP contribution in [0.5, 0.6) is 0 Å². The van der Waals surface area contributed by atoms with Gasteiger partial charge in [-0.1, -0.05) is 11.6 Å². The summed E-state index contributed by atoms with van der Waals surface area (Å²) < 4.78 is 0. The summed E-state index contributed by atoms with van der Waals surface area (Å²) in [5.74, 6) is 1.32. The molecule has 3 nitrogen and oxygen atoms in total. The Kier molecular flexibility index (Phi) is 2.65. The van der Waals surface area contributed by atoms with E-state index in [-0.39, 0.29) is 11.8 Å². The van der Waals surface area contributed by atoms with Gasteiger partial charge in [0.25, 0.3) is 11.8 Å². The normalized spacial score (nSPS) is 30.8. The quantitative estimate of drug-likeness (QED) is 0.565. The minimum atomic E-state index is -0.0961. The number of amides is 2. The summed E-state index contributed by atoms with van der Waals surface area (Å²) in [6.45, 7) is 4.04. The summed E-state index contributed by atoms with van der Waals surface area (Å²) in [6, 6.07) is 0. The van der Waals surface area contributed by atoms with E-state index in [4.69, 9.17) is 0 Å². The van der Waals surface area contributed by atoms with E-state index in [0.717, 1.165) is 18.3 Å². The molecule has 2 unspecified atom stereocenters. The lowest BCUT2D eigenvalue weighted by atomic mass is 9.96. The van der Waals surface area contributed by atoms with Crippen molar-refractivity contribution in [1.82, 2.24) is 4.90 Å². The Labute approximate surface area is 108 Å². The van der Waals surface area contributed by atoms with Crippen molar-refractivity contribution in [3.8, 4) is 0 Å². The van der Waals surface area contributed by atoms with Gasteiger partial charge in [0, 0.05) is 17.7 Å². The highest BCUT2D eigenvalue weighted by molar-refractivity contribution is 6.18. The zero-order valence-corrected chi connectivity index (χ0v) is 11.0. The standard InChI is InChI=1S/C15H19NO2/c1-9-10(2)15(18)16(14(9)17)6-5-13-8-11-3-4-12(13)7-11/h8,11-12H,3-7H2,1-2H3. The lowest BCUT2D eigenvalue weighted by Gasteiger charge is -2.18. The molecule has 0 saturated heterocycles. The lowest BCUT2D eigenvalue weighted by Crippen LogP contribution is -2.32. The molecule has 2 atom stereocenters. The fourth-order valence-electron chi connectivity index (χ4n) is 3.49. The van der Waals surface area contributed by atoms with Gasteiger partial charge in [-0.3, -0.25) is 14.5 Å². The van der Waals surface area contributed by atoms with Gasteiger partial charge in [0.2, 0.25) is 0 Å². The predicted molar refractivity (Wildman–Crippen MR) is 68.6 cm³/mol. The largest absolute Gasteiger partial charge is 0.275 e. The van der Waals surface area contributed by atoms with Gasteiger partial charge in [0.1, 0.15) is 0 Å². The first-order valence-corrected chi connectivity index (χ1v) is 6.82. The fraction of sp³-hybridized carbons (Fsp3) is 0.600. The van der Waals surface area contributed by atoms with Gasteiger partial charge in [-0.2, -0.15) is 0 Å². The Hall–Kier alpha value is -1.38. The number of hydrogen-bond acceptors (Lipinski definition) is 2. The van der Waals surface area contributed by atoms with Crippen molar-refractivity contribution in [2.45, 2.75) is 39.5 Å². The fourth-order valence-corrected chi connectivity index (χ4v) is 3.49. The van der Waals surface area contributed by atoms with Crippen LogP contribution in [0.4, 0.5) is 0 Å². The van der Waals surface area contributed by atoms with E-state index in [1.807, 2.05) is 0 Å². The van der Waals surface area contributed by atoms with Crippen LogP contribution in [0.1, 0.15) is 39.5 Å². The molecule has 0 radical (unpaired) electrons. The van der Waals surface area contributed by atoms with Crippen LogP contribution in [0.25, 0.3) is 0 Å². The summed E-state index contributed by atoms with van der Waals surface area (Å²) in [6.07, 6.45) is 7.18. The average Bonchev–Trinajstić information content (AvgIpc) is 3.02. The Balaban J connectivity index is 1.64. The van der Waals surface area contributed by atoms with Crippen molar-refractivity contribution in [2.75, 3.05) is 6.54 Å². The summed E-state index contributed by atoms with van der Waals surface area (Å²) in [5.41, 5.74) is 2.71. The molecule has 18 heavy (non-hydrogen) atoms. The van der Waals surface area contributed by atoms with E-state index in [2.05, 4.69) is 6.08 Å². The molecule has 0 spiro atoms. The van der Waals surface area contributed by atoms with E-state index in [0.29, 0.717) is 17.7 Å². The number of carbonyl (C=O) groups excluding carboxylic acids is 2. The molecule has 3 rings (SSSR count). The molecular formula is C15H19NO2. The molecule has 96 valence electrons. The average molecular weight is 245 g/mol. The minimum Gasteiger partial charge on any atom is -0.275 e. The minimum absolute atomic E-state index is 0.0961. The van der Waals surface area contributed by atoms with E-state index in [1.54, 1.807) is 13.8 Å². The molecular weight excluding hydrogens is 226 g/mol. The van der Waals surface area contributed by atoms with E-state index in [1.165, 1.54) is 29.7 Å². The van der Waals surface area contributed by atoms with Crippen molar-refractivity contribution < 1.29 is 9.59 Å². The Bertz CT molecular complexity index is 463. The molecule has 0 aromatic carbocycles. The first kappa shape index (κ1) is 11.7. The highest BCUT2D eigenvalue weighted by Crippen LogP contribution is 2.44. The topological polar surface area (TPSA) is 37.4 Å². The van der Waals surface area contributed by atoms with Crippen molar-refractivity contribution in [3.05, 3.63) is 22.8 Å². The third-order valence-corrected chi connectivity index (χ3v) is 4.77. The zero-order valence-electron chi connectivity index (χ0n) is 11.0. The number of rotatable bonds is 3. The van der Waals surface area contributed by atoms with Crippen LogP contribution in [0.15, 0.2) is 22.8 Å². The van der Waals surface area contributed by atoms with Crippen molar-refractivity contribution in [3.63, 3.8) is 0 Å². The van der Waals surface area contributed by atoms with Crippen LogP contribution in [0, 0.1) is 11.8 Å². The van der Waals surface area contributed by atoms with E-state index >= 15 is 0 Å². The number of hydrogen-bond donors (Lipinski definition) is 0. The molecule has 2 aliphatic carbocycles. The van der Waals surface area contributed by atoms with Crippen molar-refractivity contribution in [1.29, 1.82) is 0 Å². The van der Waals surface area contributed by atoms with Crippen LogP contribution in [0.3, 0.4) is 0 Å². The third-order valence-electron chi connectivity index (χ3n) is 4.77.